The number of hydrogen-bond acceptors (Lipinski definition) is 4. The van der Waals surface area contributed by atoms with E-state index in [1.165, 1.54) is 49.1 Å². The fourth-order valence-electron chi connectivity index (χ4n) is 2.35. The third-order valence-electron chi connectivity index (χ3n) is 3.63. The summed E-state index contributed by atoms with van der Waals surface area (Å²) in [5, 5.41) is 0.207. The van der Waals surface area contributed by atoms with Crippen LogP contribution in [0.3, 0.4) is 0 Å². The van der Waals surface area contributed by atoms with Gasteiger partial charge in [0.2, 0.25) is 0 Å². The molecule has 0 aliphatic rings. The molecule has 0 amide bonds. The minimum atomic E-state index is -0.489. The molecule has 1 aromatic carbocycles. The van der Waals surface area contributed by atoms with E-state index in [1.54, 1.807) is 6.92 Å². The second-order valence-corrected chi connectivity index (χ2v) is 5.23. The SMILES string of the molecule is Cc1cnc2c(c1Oc1ccc(F)cc1)c(=O)n(C)c(=O)n2C. The molecule has 0 saturated carbocycles. The number of pyridine rings is 1. The number of halogens is 1. The first-order chi connectivity index (χ1) is 10.9. The highest BCUT2D eigenvalue weighted by atomic mass is 19.1. The Labute approximate surface area is 130 Å². The fourth-order valence-corrected chi connectivity index (χ4v) is 2.35. The topological polar surface area (TPSA) is 66.1 Å². The lowest BCUT2D eigenvalue weighted by molar-refractivity contribution is 0.480. The molecule has 0 aliphatic carbocycles. The molecule has 2 aromatic heterocycles. The van der Waals surface area contributed by atoms with Crippen LogP contribution >= 0.6 is 0 Å². The van der Waals surface area contributed by atoms with Crippen molar-refractivity contribution in [1.82, 2.24) is 14.1 Å². The molecule has 2 heterocycles. The quantitative estimate of drug-likeness (QED) is 0.724. The Morgan fingerprint density at radius 1 is 1.09 bits per heavy atom. The lowest BCUT2D eigenvalue weighted by Crippen LogP contribution is -2.37. The Balaban J connectivity index is 2.32. The molecule has 0 N–H and O–H groups in total. The van der Waals surface area contributed by atoms with E-state index in [2.05, 4.69) is 4.98 Å². The number of aromatic nitrogens is 3. The fraction of sp³-hybridized carbons (Fsp3) is 0.188. The molecular weight excluding hydrogens is 301 g/mol. The van der Waals surface area contributed by atoms with Crippen molar-refractivity contribution in [2.24, 2.45) is 14.1 Å². The molecule has 0 spiro atoms. The van der Waals surface area contributed by atoms with Gasteiger partial charge in [0.05, 0.1) is 0 Å². The van der Waals surface area contributed by atoms with E-state index in [0.29, 0.717) is 17.1 Å². The summed E-state index contributed by atoms with van der Waals surface area (Å²) in [6.45, 7) is 1.75. The average Bonchev–Trinajstić information content (AvgIpc) is 2.54. The summed E-state index contributed by atoms with van der Waals surface area (Å²) in [7, 11) is 2.93. The van der Waals surface area contributed by atoms with Crippen molar-refractivity contribution in [1.29, 1.82) is 0 Å². The van der Waals surface area contributed by atoms with Crippen molar-refractivity contribution >= 4 is 11.0 Å². The Hall–Kier alpha value is -2.96. The summed E-state index contributed by atoms with van der Waals surface area (Å²) < 4.78 is 21.1. The summed E-state index contributed by atoms with van der Waals surface area (Å²) >= 11 is 0. The minimum Gasteiger partial charge on any atom is -0.456 e. The largest absolute Gasteiger partial charge is 0.456 e. The number of nitrogens with zero attached hydrogens (tertiary/aromatic N) is 3. The predicted octanol–water partition coefficient (Wildman–Crippen LogP) is 1.87. The van der Waals surface area contributed by atoms with E-state index in [9.17, 15) is 14.0 Å². The Kier molecular flexibility index (Phi) is 3.48. The predicted molar refractivity (Wildman–Crippen MR) is 83.4 cm³/mol. The van der Waals surface area contributed by atoms with E-state index in [4.69, 9.17) is 4.74 Å². The van der Waals surface area contributed by atoms with Crippen LogP contribution in [0.1, 0.15) is 5.56 Å². The summed E-state index contributed by atoms with van der Waals surface area (Å²) in [5.74, 6) is 0.308. The van der Waals surface area contributed by atoms with Gasteiger partial charge < -0.3 is 4.74 Å². The minimum absolute atomic E-state index is 0.207. The number of hydrogen-bond donors (Lipinski definition) is 0. The van der Waals surface area contributed by atoms with Gasteiger partial charge in [-0.25, -0.2) is 14.2 Å². The molecule has 0 saturated heterocycles. The number of ether oxygens (including phenoxy) is 1. The Morgan fingerprint density at radius 3 is 2.39 bits per heavy atom. The van der Waals surface area contributed by atoms with E-state index in [0.717, 1.165) is 4.57 Å². The van der Waals surface area contributed by atoms with Gasteiger partial charge in [0.1, 0.15) is 22.7 Å². The van der Waals surface area contributed by atoms with Crippen molar-refractivity contribution in [2.45, 2.75) is 6.92 Å². The van der Waals surface area contributed by atoms with E-state index in [-0.39, 0.29) is 16.9 Å². The van der Waals surface area contributed by atoms with Crippen molar-refractivity contribution in [2.75, 3.05) is 0 Å². The zero-order valence-electron chi connectivity index (χ0n) is 12.8. The highest BCUT2D eigenvalue weighted by Crippen LogP contribution is 2.29. The maximum absolute atomic E-state index is 13.0. The van der Waals surface area contributed by atoms with Gasteiger partial charge >= 0.3 is 5.69 Å². The first kappa shape index (κ1) is 15.0. The number of fused-ring (bicyclic) bond motifs is 1. The summed E-state index contributed by atoms with van der Waals surface area (Å²) in [6, 6.07) is 5.46. The molecule has 7 heteroatoms. The van der Waals surface area contributed by atoms with Gasteiger partial charge in [-0.3, -0.25) is 13.9 Å². The lowest BCUT2D eigenvalue weighted by atomic mass is 10.2. The molecule has 3 rings (SSSR count). The van der Waals surface area contributed by atoms with Crippen LogP contribution in [0, 0.1) is 12.7 Å². The van der Waals surface area contributed by atoms with Gasteiger partial charge in [0.15, 0.2) is 5.65 Å². The van der Waals surface area contributed by atoms with Gasteiger partial charge in [-0.1, -0.05) is 0 Å². The van der Waals surface area contributed by atoms with Crippen LogP contribution in [0.2, 0.25) is 0 Å². The lowest BCUT2D eigenvalue weighted by Gasteiger charge is -2.13. The molecule has 3 aromatic rings. The maximum atomic E-state index is 13.0. The second kappa shape index (κ2) is 5.35. The first-order valence-corrected chi connectivity index (χ1v) is 6.89. The molecule has 0 aliphatic heterocycles. The molecule has 0 unspecified atom stereocenters. The molecule has 23 heavy (non-hydrogen) atoms. The summed E-state index contributed by atoms with van der Waals surface area (Å²) in [5.41, 5.74) is -0.0821. The van der Waals surface area contributed by atoms with Crippen molar-refractivity contribution in [3.05, 3.63) is 62.7 Å². The third-order valence-corrected chi connectivity index (χ3v) is 3.63. The van der Waals surface area contributed by atoms with Gasteiger partial charge in [-0.2, -0.15) is 0 Å². The molecule has 0 fully saturated rings. The van der Waals surface area contributed by atoms with Gasteiger partial charge in [-0.15, -0.1) is 0 Å². The second-order valence-electron chi connectivity index (χ2n) is 5.23. The molecule has 0 atom stereocenters. The molecule has 0 radical (unpaired) electrons. The van der Waals surface area contributed by atoms with Crippen LogP contribution in [0.4, 0.5) is 4.39 Å². The zero-order valence-corrected chi connectivity index (χ0v) is 12.8. The van der Waals surface area contributed by atoms with Crippen molar-refractivity contribution in [3.63, 3.8) is 0 Å². The number of rotatable bonds is 2. The molecular formula is C16H14FN3O3. The van der Waals surface area contributed by atoms with E-state index >= 15 is 0 Å². The Morgan fingerprint density at radius 2 is 1.74 bits per heavy atom. The van der Waals surface area contributed by atoms with Crippen LogP contribution < -0.4 is 16.0 Å². The highest BCUT2D eigenvalue weighted by molar-refractivity contribution is 5.82. The normalized spacial score (nSPS) is 11.0. The van der Waals surface area contributed by atoms with E-state index < -0.39 is 11.2 Å². The van der Waals surface area contributed by atoms with Gasteiger partial charge in [0.25, 0.3) is 5.56 Å². The van der Waals surface area contributed by atoms with Crippen LogP contribution in [0.25, 0.3) is 11.0 Å². The third kappa shape index (κ3) is 2.40. The average molecular weight is 315 g/mol. The Bertz CT molecular complexity index is 1020. The molecule has 0 bridgehead atoms. The van der Waals surface area contributed by atoms with Crippen LogP contribution in [0.15, 0.2) is 40.1 Å². The van der Waals surface area contributed by atoms with Crippen molar-refractivity contribution < 1.29 is 9.13 Å². The number of benzene rings is 1. The summed E-state index contributed by atoms with van der Waals surface area (Å²) in [6.07, 6.45) is 1.53. The van der Waals surface area contributed by atoms with Crippen molar-refractivity contribution in [3.8, 4) is 11.5 Å². The van der Waals surface area contributed by atoms with Gasteiger partial charge in [0, 0.05) is 25.9 Å². The van der Waals surface area contributed by atoms with Crippen LogP contribution in [-0.4, -0.2) is 14.1 Å². The highest BCUT2D eigenvalue weighted by Gasteiger charge is 2.17. The standard InChI is InChI=1S/C16H14FN3O3/c1-9-8-18-14-12(15(21)20(3)16(22)19(14)2)13(9)23-11-6-4-10(17)5-7-11/h4-8H,1-3H3. The zero-order chi connectivity index (χ0) is 16.7. The van der Waals surface area contributed by atoms with Gasteiger partial charge in [-0.05, 0) is 31.2 Å². The smallest absolute Gasteiger partial charge is 0.332 e. The maximum Gasteiger partial charge on any atom is 0.332 e. The van der Waals surface area contributed by atoms with Crippen LogP contribution in [-0.2, 0) is 14.1 Å². The first-order valence-electron chi connectivity index (χ1n) is 6.89. The number of aryl methyl sites for hydroxylation is 2. The summed E-state index contributed by atoms with van der Waals surface area (Å²) in [4.78, 5) is 28.7. The molecule has 118 valence electrons. The van der Waals surface area contributed by atoms with E-state index in [1.807, 2.05) is 0 Å². The monoisotopic (exact) mass is 315 g/mol. The molecule has 6 nitrogen and oxygen atoms in total. The van der Waals surface area contributed by atoms with Crippen LogP contribution in [0.5, 0.6) is 11.5 Å².